The van der Waals surface area contributed by atoms with Gasteiger partial charge < -0.3 is 20.3 Å². The number of piperazine rings is 1. The number of hydroxylamine groups is 1. The second kappa shape index (κ2) is 14.9. The van der Waals surface area contributed by atoms with Gasteiger partial charge in [-0.2, -0.15) is 0 Å². The SMILES string of the molecule is C=CC(=O)Nc1cc(Nc2cc(N3OCC[C@@H]3c3cccc(Cl)c3F)ncn2)c(OC)cc1N1CCC(N2CCN(C3CCC3)CC2)CC1. The fourth-order valence-electron chi connectivity index (χ4n) is 7.50. The Bertz CT molecular complexity index is 1660. The molecule has 0 radical (unpaired) electrons. The minimum Gasteiger partial charge on any atom is -0.494 e. The van der Waals surface area contributed by atoms with E-state index in [1.807, 2.05) is 12.1 Å². The minimum atomic E-state index is -0.470. The quantitative estimate of drug-likeness (QED) is 0.241. The zero-order chi connectivity index (χ0) is 33.9. The van der Waals surface area contributed by atoms with E-state index < -0.39 is 11.9 Å². The number of nitrogens with one attached hydrogen (secondary N) is 2. The van der Waals surface area contributed by atoms with Gasteiger partial charge in [-0.1, -0.05) is 36.7 Å². The summed E-state index contributed by atoms with van der Waals surface area (Å²) in [6.07, 6.45) is 9.48. The number of carbonyl (C=O) groups is 1. The van der Waals surface area contributed by atoms with Gasteiger partial charge in [0.2, 0.25) is 5.91 Å². The number of aromatic nitrogens is 2. The van der Waals surface area contributed by atoms with Crippen LogP contribution in [0.3, 0.4) is 0 Å². The summed E-state index contributed by atoms with van der Waals surface area (Å²) in [5.41, 5.74) is 2.59. The topological polar surface area (TPSA) is 98.3 Å². The number of nitrogens with zero attached hydrogens (tertiary/aromatic N) is 6. The Labute approximate surface area is 292 Å². The first-order valence-electron chi connectivity index (χ1n) is 17.3. The first-order chi connectivity index (χ1) is 23.9. The lowest BCUT2D eigenvalue weighted by Crippen LogP contribution is -2.56. The van der Waals surface area contributed by atoms with Crippen LogP contribution in [0.4, 0.5) is 33.1 Å². The largest absolute Gasteiger partial charge is 0.494 e. The van der Waals surface area contributed by atoms with Crippen molar-refractivity contribution in [2.75, 3.05) is 73.6 Å². The molecule has 3 saturated heterocycles. The molecule has 0 unspecified atom stereocenters. The van der Waals surface area contributed by atoms with Crippen molar-refractivity contribution in [3.8, 4) is 5.75 Å². The fourth-order valence-corrected chi connectivity index (χ4v) is 7.68. The summed E-state index contributed by atoms with van der Waals surface area (Å²) in [5.74, 6) is 0.754. The van der Waals surface area contributed by atoms with Crippen molar-refractivity contribution in [2.45, 2.75) is 56.7 Å². The molecule has 0 spiro atoms. The molecule has 3 aromatic rings. The summed E-state index contributed by atoms with van der Waals surface area (Å²) in [4.78, 5) is 35.0. The molecule has 11 nitrogen and oxygen atoms in total. The average molecular weight is 691 g/mol. The molecule has 260 valence electrons. The number of benzene rings is 2. The molecule has 2 N–H and O–H groups in total. The van der Waals surface area contributed by atoms with E-state index in [9.17, 15) is 9.18 Å². The van der Waals surface area contributed by atoms with Crippen LogP contribution in [0.2, 0.25) is 5.02 Å². The van der Waals surface area contributed by atoms with Crippen molar-refractivity contribution in [1.29, 1.82) is 0 Å². The molecule has 3 aliphatic heterocycles. The zero-order valence-corrected chi connectivity index (χ0v) is 28.7. The van der Waals surface area contributed by atoms with Crippen LogP contribution in [-0.2, 0) is 9.63 Å². The van der Waals surface area contributed by atoms with Gasteiger partial charge in [-0.25, -0.2) is 19.4 Å². The first kappa shape index (κ1) is 33.5. The maximum Gasteiger partial charge on any atom is 0.247 e. The van der Waals surface area contributed by atoms with E-state index >= 15 is 0 Å². The lowest BCUT2D eigenvalue weighted by molar-refractivity contribution is -0.111. The Kier molecular flexibility index (Phi) is 10.2. The number of hydrogen-bond donors (Lipinski definition) is 2. The molecule has 49 heavy (non-hydrogen) atoms. The van der Waals surface area contributed by atoms with Crippen molar-refractivity contribution in [2.24, 2.45) is 0 Å². The lowest BCUT2D eigenvalue weighted by Gasteiger charge is -2.46. The molecule has 2 aromatic carbocycles. The van der Waals surface area contributed by atoms with E-state index in [-0.39, 0.29) is 10.9 Å². The standard InChI is InChI=1S/C36H44ClFN8O3/c1-3-35(47)42-28-20-29(41-33-22-34(40-23-39-33)46-30(12-19-49-46)26-8-5-9-27(37)36(26)38)32(48-2)21-31(28)45-13-10-25(11-14-45)44-17-15-43(16-18-44)24-6-4-7-24/h3,5,8-9,20-25,30H,1,4,6-7,10-19H2,2H3,(H,42,47)(H,39,40,41)/t30-/m1/s1. The number of rotatable bonds is 10. The summed E-state index contributed by atoms with van der Waals surface area (Å²) < 4.78 is 20.8. The molecule has 4 heterocycles. The van der Waals surface area contributed by atoms with E-state index in [1.54, 1.807) is 30.4 Å². The summed E-state index contributed by atoms with van der Waals surface area (Å²) in [6.45, 7) is 10.4. The molecule has 13 heteroatoms. The Morgan fingerprint density at radius 3 is 2.41 bits per heavy atom. The number of halogens is 2. The molecular formula is C36H44ClFN8O3. The zero-order valence-electron chi connectivity index (χ0n) is 27.9. The molecule has 1 atom stereocenters. The highest BCUT2D eigenvalue weighted by Gasteiger charge is 2.34. The van der Waals surface area contributed by atoms with Crippen molar-refractivity contribution in [1.82, 2.24) is 19.8 Å². The van der Waals surface area contributed by atoms with Crippen LogP contribution in [0.25, 0.3) is 0 Å². The summed E-state index contributed by atoms with van der Waals surface area (Å²) in [6, 6.07) is 11.5. The minimum absolute atomic E-state index is 0.0613. The van der Waals surface area contributed by atoms with E-state index in [0.29, 0.717) is 53.4 Å². The van der Waals surface area contributed by atoms with E-state index in [1.165, 1.54) is 50.8 Å². The van der Waals surface area contributed by atoms with Crippen LogP contribution in [0.5, 0.6) is 5.75 Å². The van der Waals surface area contributed by atoms with Crippen LogP contribution >= 0.6 is 11.6 Å². The van der Waals surface area contributed by atoms with Crippen LogP contribution < -0.4 is 25.3 Å². The average Bonchev–Trinajstić information content (AvgIpc) is 3.59. The highest BCUT2D eigenvalue weighted by Crippen LogP contribution is 2.41. The van der Waals surface area contributed by atoms with Crippen LogP contribution in [0.15, 0.2) is 55.4 Å². The van der Waals surface area contributed by atoms with Gasteiger partial charge in [0.05, 0.1) is 41.8 Å². The maximum atomic E-state index is 15.0. The van der Waals surface area contributed by atoms with Gasteiger partial charge >= 0.3 is 0 Å². The summed E-state index contributed by atoms with van der Waals surface area (Å²) >= 11 is 6.08. The number of methoxy groups -OCH3 is 1. The molecule has 4 aliphatic rings. The number of amides is 1. The molecule has 1 amide bonds. The highest BCUT2D eigenvalue weighted by atomic mass is 35.5. The van der Waals surface area contributed by atoms with Gasteiger partial charge in [0.1, 0.15) is 23.7 Å². The second-order valence-corrected chi connectivity index (χ2v) is 13.5. The van der Waals surface area contributed by atoms with Crippen LogP contribution in [0.1, 0.15) is 50.1 Å². The number of carbonyl (C=O) groups excluding carboxylic acids is 1. The van der Waals surface area contributed by atoms with Gasteiger partial charge in [-0.15, -0.1) is 0 Å². The molecular weight excluding hydrogens is 647 g/mol. The predicted octanol–water partition coefficient (Wildman–Crippen LogP) is 6.17. The van der Waals surface area contributed by atoms with Gasteiger partial charge in [0.15, 0.2) is 5.82 Å². The molecule has 7 rings (SSSR count). The van der Waals surface area contributed by atoms with E-state index in [0.717, 1.165) is 50.7 Å². The summed E-state index contributed by atoms with van der Waals surface area (Å²) in [5, 5.41) is 8.00. The number of ether oxygens (including phenoxy) is 1. The van der Waals surface area contributed by atoms with Gasteiger partial charge in [0, 0.05) is 75.5 Å². The number of hydrogen-bond acceptors (Lipinski definition) is 10. The Morgan fingerprint density at radius 2 is 1.73 bits per heavy atom. The Balaban J connectivity index is 1.07. The molecule has 1 aliphatic carbocycles. The smallest absolute Gasteiger partial charge is 0.247 e. The van der Waals surface area contributed by atoms with Crippen molar-refractivity contribution < 1.29 is 18.8 Å². The highest BCUT2D eigenvalue weighted by molar-refractivity contribution is 6.30. The molecule has 1 aromatic heterocycles. The monoisotopic (exact) mass is 690 g/mol. The van der Waals surface area contributed by atoms with Crippen LogP contribution in [-0.4, -0.2) is 90.7 Å². The normalized spacial score (nSPS) is 21.0. The van der Waals surface area contributed by atoms with E-state index in [4.69, 9.17) is 21.2 Å². The Morgan fingerprint density at radius 1 is 1.00 bits per heavy atom. The number of anilines is 5. The maximum absolute atomic E-state index is 15.0. The third-order valence-corrected chi connectivity index (χ3v) is 10.7. The van der Waals surface area contributed by atoms with Gasteiger partial charge in [0.25, 0.3) is 0 Å². The van der Waals surface area contributed by atoms with Crippen LogP contribution in [0, 0.1) is 5.82 Å². The lowest BCUT2D eigenvalue weighted by atomic mass is 9.91. The molecule has 1 saturated carbocycles. The predicted molar refractivity (Wildman–Crippen MR) is 190 cm³/mol. The Hall–Kier alpha value is -3.97. The summed E-state index contributed by atoms with van der Waals surface area (Å²) in [7, 11) is 1.62. The first-order valence-corrected chi connectivity index (χ1v) is 17.6. The van der Waals surface area contributed by atoms with Gasteiger partial charge in [-0.3, -0.25) is 19.4 Å². The van der Waals surface area contributed by atoms with Crippen molar-refractivity contribution in [3.05, 3.63) is 71.8 Å². The van der Waals surface area contributed by atoms with Crippen molar-refractivity contribution >= 4 is 46.2 Å². The third-order valence-electron chi connectivity index (χ3n) is 10.4. The van der Waals surface area contributed by atoms with E-state index in [2.05, 4.69) is 41.9 Å². The second-order valence-electron chi connectivity index (χ2n) is 13.1. The van der Waals surface area contributed by atoms with Crippen molar-refractivity contribution in [3.63, 3.8) is 0 Å². The third kappa shape index (κ3) is 7.19. The molecule has 4 fully saturated rings. The molecule has 0 bridgehead atoms. The number of piperidine rings is 1. The fraction of sp³-hybridized carbons (Fsp3) is 0.472. The van der Waals surface area contributed by atoms with Gasteiger partial charge in [-0.05, 0) is 43.9 Å².